The molecular weight excluding hydrogens is 252 g/mol. The summed E-state index contributed by atoms with van der Waals surface area (Å²) in [4.78, 5) is 11.8. The van der Waals surface area contributed by atoms with Crippen LogP contribution in [0.4, 0.5) is 0 Å². The van der Waals surface area contributed by atoms with Gasteiger partial charge in [-0.05, 0) is 30.9 Å². The molecule has 1 aromatic carbocycles. The van der Waals surface area contributed by atoms with E-state index >= 15 is 0 Å². The van der Waals surface area contributed by atoms with Gasteiger partial charge in [0.15, 0.2) is 11.5 Å². The van der Waals surface area contributed by atoms with Crippen molar-refractivity contribution in [1.29, 1.82) is 0 Å². The number of benzene rings is 1. The maximum absolute atomic E-state index is 11.8. The van der Waals surface area contributed by atoms with E-state index < -0.39 is 0 Å². The first kappa shape index (κ1) is 14.9. The summed E-state index contributed by atoms with van der Waals surface area (Å²) in [6.45, 7) is 0. The van der Waals surface area contributed by atoms with Gasteiger partial charge in [0.2, 0.25) is 0 Å². The monoisotopic (exact) mass is 276 g/mol. The van der Waals surface area contributed by atoms with Crippen LogP contribution in [0.5, 0.6) is 11.5 Å². The average molecular weight is 276 g/mol. The Labute approximate surface area is 121 Å². The summed E-state index contributed by atoms with van der Waals surface area (Å²) in [5.41, 5.74) is 0. The molecule has 0 atom stereocenters. The summed E-state index contributed by atoms with van der Waals surface area (Å²) < 4.78 is 10.5. The number of hydrogen-bond acceptors (Lipinski definition) is 3. The Kier molecular flexibility index (Phi) is 5.90. The smallest absolute Gasteiger partial charge is 0.311 e. The lowest BCUT2D eigenvalue weighted by atomic mass is 9.86. The fraction of sp³-hybridized carbons (Fsp3) is 0.588. The van der Waals surface area contributed by atoms with Crippen molar-refractivity contribution in [3.05, 3.63) is 24.3 Å². The van der Waals surface area contributed by atoms with Crippen molar-refractivity contribution in [1.82, 2.24) is 0 Å². The largest absolute Gasteiger partial charge is 0.493 e. The molecule has 1 aliphatic rings. The molecule has 0 N–H and O–H groups in total. The molecule has 110 valence electrons. The van der Waals surface area contributed by atoms with Crippen molar-refractivity contribution in [2.45, 2.75) is 51.4 Å². The third-order valence-electron chi connectivity index (χ3n) is 4.01. The number of para-hydroxylation sites is 2. The topological polar surface area (TPSA) is 35.5 Å². The second kappa shape index (κ2) is 7.93. The molecule has 3 heteroatoms. The number of esters is 1. The van der Waals surface area contributed by atoms with Crippen LogP contribution in [0.15, 0.2) is 24.3 Å². The Morgan fingerprint density at radius 2 is 1.85 bits per heavy atom. The normalized spacial score (nSPS) is 15.8. The van der Waals surface area contributed by atoms with Crippen LogP contribution in [0.1, 0.15) is 51.4 Å². The predicted octanol–water partition coefficient (Wildman–Crippen LogP) is 4.35. The van der Waals surface area contributed by atoms with Gasteiger partial charge in [-0.3, -0.25) is 4.79 Å². The molecule has 0 saturated heterocycles. The van der Waals surface area contributed by atoms with Crippen LogP contribution in [0.25, 0.3) is 0 Å². The van der Waals surface area contributed by atoms with Crippen molar-refractivity contribution >= 4 is 5.97 Å². The van der Waals surface area contributed by atoms with E-state index in [1.54, 1.807) is 19.2 Å². The molecule has 2 rings (SSSR count). The molecule has 1 saturated carbocycles. The fourth-order valence-electron chi connectivity index (χ4n) is 2.89. The van der Waals surface area contributed by atoms with E-state index in [-0.39, 0.29) is 5.97 Å². The van der Waals surface area contributed by atoms with Crippen LogP contribution in [-0.2, 0) is 4.79 Å². The third-order valence-corrected chi connectivity index (χ3v) is 4.01. The Morgan fingerprint density at radius 3 is 2.55 bits per heavy atom. The molecule has 1 aliphatic carbocycles. The number of hydrogen-bond donors (Lipinski definition) is 0. The molecule has 0 amide bonds. The number of ether oxygens (including phenoxy) is 2. The van der Waals surface area contributed by atoms with Crippen LogP contribution in [0, 0.1) is 5.92 Å². The molecule has 0 radical (unpaired) electrons. The second-order valence-corrected chi connectivity index (χ2v) is 5.52. The molecule has 1 aromatic rings. The number of rotatable bonds is 6. The zero-order valence-corrected chi connectivity index (χ0v) is 12.3. The Balaban J connectivity index is 1.72. The van der Waals surface area contributed by atoms with Crippen LogP contribution < -0.4 is 9.47 Å². The van der Waals surface area contributed by atoms with Gasteiger partial charge >= 0.3 is 5.97 Å². The molecule has 3 nitrogen and oxygen atoms in total. The number of carbonyl (C=O) groups excluding carboxylic acids is 1. The van der Waals surface area contributed by atoms with Crippen molar-refractivity contribution in [3.8, 4) is 11.5 Å². The summed E-state index contributed by atoms with van der Waals surface area (Å²) in [5, 5.41) is 0. The van der Waals surface area contributed by atoms with Gasteiger partial charge in [0, 0.05) is 6.42 Å². The zero-order valence-electron chi connectivity index (χ0n) is 12.3. The van der Waals surface area contributed by atoms with E-state index in [2.05, 4.69) is 0 Å². The van der Waals surface area contributed by atoms with Crippen LogP contribution in [-0.4, -0.2) is 13.1 Å². The molecule has 20 heavy (non-hydrogen) atoms. The van der Waals surface area contributed by atoms with E-state index in [0.29, 0.717) is 17.9 Å². The lowest BCUT2D eigenvalue weighted by molar-refractivity contribution is -0.134. The Bertz CT molecular complexity index is 422. The van der Waals surface area contributed by atoms with E-state index in [4.69, 9.17) is 9.47 Å². The van der Waals surface area contributed by atoms with E-state index in [1.807, 2.05) is 12.1 Å². The first-order chi connectivity index (χ1) is 9.79. The minimum atomic E-state index is -0.162. The van der Waals surface area contributed by atoms with Crippen molar-refractivity contribution < 1.29 is 14.3 Å². The summed E-state index contributed by atoms with van der Waals surface area (Å²) in [6.07, 6.45) is 9.34. The third kappa shape index (κ3) is 4.55. The SMILES string of the molecule is COc1ccccc1OC(=O)CCCC1CCCCC1. The van der Waals surface area contributed by atoms with Gasteiger partial charge in [-0.1, -0.05) is 44.2 Å². The number of methoxy groups -OCH3 is 1. The van der Waals surface area contributed by atoms with Gasteiger partial charge in [-0.15, -0.1) is 0 Å². The predicted molar refractivity (Wildman–Crippen MR) is 79.1 cm³/mol. The summed E-state index contributed by atoms with van der Waals surface area (Å²) in [7, 11) is 1.58. The lowest BCUT2D eigenvalue weighted by Gasteiger charge is -2.21. The highest BCUT2D eigenvalue weighted by molar-refractivity contribution is 5.73. The van der Waals surface area contributed by atoms with E-state index in [1.165, 1.54) is 32.1 Å². The average Bonchev–Trinajstić information content (AvgIpc) is 2.49. The molecule has 0 unspecified atom stereocenters. The summed E-state index contributed by atoms with van der Waals surface area (Å²) in [6, 6.07) is 7.26. The Morgan fingerprint density at radius 1 is 1.15 bits per heavy atom. The maximum atomic E-state index is 11.8. The quantitative estimate of drug-likeness (QED) is 0.572. The zero-order chi connectivity index (χ0) is 14.2. The molecule has 0 aromatic heterocycles. The fourth-order valence-corrected chi connectivity index (χ4v) is 2.89. The van der Waals surface area contributed by atoms with Crippen molar-refractivity contribution in [3.63, 3.8) is 0 Å². The van der Waals surface area contributed by atoms with Crippen LogP contribution >= 0.6 is 0 Å². The van der Waals surface area contributed by atoms with E-state index in [9.17, 15) is 4.79 Å². The molecule has 1 fully saturated rings. The van der Waals surface area contributed by atoms with Gasteiger partial charge in [0.1, 0.15) is 0 Å². The van der Waals surface area contributed by atoms with Gasteiger partial charge in [-0.2, -0.15) is 0 Å². The van der Waals surface area contributed by atoms with Gasteiger partial charge in [-0.25, -0.2) is 0 Å². The van der Waals surface area contributed by atoms with Crippen LogP contribution in [0.3, 0.4) is 0 Å². The molecular formula is C17H24O3. The minimum absolute atomic E-state index is 0.162. The van der Waals surface area contributed by atoms with Gasteiger partial charge in [0.05, 0.1) is 7.11 Å². The maximum Gasteiger partial charge on any atom is 0.311 e. The highest BCUT2D eigenvalue weighted by atomic mass is 16.6. The highest BCUT2D eigenvalue weighted by Crippen LogP contribution is 2.29. The minimum Gasteiger partial charge on any atom is -0.493 e. The van der Waals surface area contributed by atoms with E-state index in [0.717, 1.165) is 18.8 Å². The molecule has 0 aliphatic heterocycles. The number of carbonyl (C=O) groups is 1. The van der Waals surface area contributed by atoms with Crippen molar-refractivity contribution in [2.75, 3.05) is 7.11 Å². The van der Waals surface area contributed by atoms with Gasteiger partial charge < -0.3 is 9.47 Å². The van der Waals surface area contributed by atoms with Gasteiger partial charge in [0.25, 0.3) is 0 Å². The summed E-state index contributed by atoms with van der Waals surface area (Å²) in [5.74, 6) is 1.78. The molecule has 0 bridgehead atoms. The van der Waals surface area contributed by atoms with Crippen LogP contribution in [0.2, 0.25) is 0 Å². The van der Waals surface area contributed by atoms with Crippen molar-refractivity contribution in [2.24, 2.45) is 5.92 Å². The first-order valence-corrected chi connectivity index (χ1v) is 7.63. The lowest BCUT2D eigenvalue weighted by Crippen LogP contribution is -2.11. The second-order valence-electron chi connectivity index (χ2n) is 5.52. The first-order valence-electron chi connectivity index (χ1n) is 7.63. The molecule has 0 heterocycles. The Hall–Kier alpha value is -1.51. The summed E-state index contributed by atoms with van der Waals surface area (Å²) >= 11 is 0. The molecule has 0 spiro atoms. The highest BCUT2D eigenvalue weighted by Gasteiger charge is 2.14. The standard InChI is InChI=1S/C17H24O3/c1-19-15-11-5-6-12-16(15)20-17(18)13-7-10-14-8-3-2-4-9-14/h5-6,11-12,14H,2-4,7-10,13H2,1H3.